The number of rotatable bonds is 43. The van der Waals surface area contributed by atoms with Crippen LogP contribution in [0.25, 0.3) is 0 Å². The summed E-state index contributed by atoms with van der Waals surface area (Å²) in [5.74, 6) is 2.09. The van der Waals surface area contributed by atoms with Gasteiger partial charge in [-0.15, -0.1) is 11.8 Å². The number of esters is 1. The number of carbonyl (C=O) groups excluding carboxylic acids is 10. The molecule has 1 aromatic carbocycles. The number of halogens is 2. The van der Waals surface area contributed by atoms with E-state index in [-0.39, 0.29) is 95.8 Å². The summed E-state index contributed by atoms with van der Waals surface area (Å²) < 4.78 is 85.2. The number of fused-ring (bicyclic) bond motifs is 4. The summed E-state index contributed by atoms with van der Waals surface area (Å²) in [6, 6.07) is 2.03. The van der Waals surface area contributed by atoms with Crippen LogP contribution < -0.4 is 43.0 Å². The number of benzene rings is 1. The lowest BCUT2D eigenvalue weighted by molar-refractivity contribution is -0.205. The number of amides is 8. The van der Waals surface area contributed by atoms with Crippen molar-refractivity contribution in [2.24, 2.45) is 52.1 Å². The fourth-order valence-electron chi connectivity index (χ4n) is 15.3. The van der Waals surface area contributed by atoms with Crippen molar-refractivity contribution in [2.75, 3.05) is 84.5 Å². The van der Waals surface area contributed by atoms with Gasteiger partial charge < -0.3 is 90.7 Å². The van der Waals surface area contributed by atoms with Crippen LogP contribution in [0.4, 0.5) is 28.9 Å². The molecule has 10 N–H and O–H groups in total. The lowest BCUT2D eigenvalue weighted by atomic mass is 9.51. The Hall–Kier alpha value is -7.66. The molecule has 28 nitrogen and oxygen atoms in total. The first-order chi connectivity index (χ1) is 50.8. The van der Waals surface area contributed by atoms with Gasteiger partial charge in [0.25, 0.3) is 0 Å². The van der Waals surface area contributed by atoms with Crippen LogP contribution in [-0.4, -0.2) is 203 Å². The van der Waals surface area contributed by atoms with Gasteiger partial charge in [-0.25, -0.2) is 28.0 Å². The molecule has 0 radical (unpaired) electrons. The summed E-state index contributed by atoms with van der Waals surface area (Å²) in [5, 5.41) is 30.6. The van der Waals surface area contributed by atoms with E-state index in [1.165, 1.54) is 45.1 Å². The third-order valence-corrected chi connectivity index (χ3v) is 21.4. The van der Waals surface area contributed by atoms with Gasteiger partial charge in [-0.05, 0) is 156 Å². The number of hydrogen-bond acceptors (Lipinski definition) is 20. The van der Waals surface area contributed by atoms with Crippen LogP contribution in [0, 0.1) is 58.2 Å². The second-order valence-corrected chi connectivity index (χ2v) is 30.4. The highest BCUT2D eigenvalue weighted by Crippen LogP contribution is 2.68. The molecule has 0 spiro atoms. The second-order valence-electron chi connectivity index (χ2n) is 30.4. The largest absolute Gasteiger partial charge is 0.456 e. The van der Waals surface area contributed by atoms with E-state index in [4.69, 9.17) is 48.4 Å². The monoisotopic (exact) mass is 1510 g/mol. The van der Waals surface area contributed by atoms with E-state index >= 15 is 8.78 Å². The first kappa shape index (κ1) is 86.6. The van der Waals surface area contributed by atoms with Crippen LogP contribution in [-0.2, 0) is 82.8 Å². The first-order valence-corrected chi connectivity index (χ1v) is 37.8. The standard InChI is InChI=1S/C77H114F2N8O20/c1-11-18-64-106-62-40-50-42-76(79,74(9)28-26-52(88)41-56(74)57(78)12-2)60(89)43-75(50,10)77(62,107-64)61(90)46-103-69(95)73(7,8)87-67(93)59(39-47(3)4)85-72(98)104-44-49-22-24-51(25-23-49)83-66(92)58(21-17-29-81-70(80)96)84-68(94)65(48(5)6)86-63(91)27-31-99-33-35-101-37-38-102-36-34-100-32-30-82-71(97)105-45-55-53-19-15-13-14-16-20-54(53)55/h22-26,28,41,47-48,50,53-55,57-60,62,64-65,89H,11-12,15-21,27,29-40,42-46H2,1-10H3,(H,82,97)(H,83,92)(H,84,94)(H,85,98)(H,86,91)(H,87,93)(H3,80,81,96)/t50?,53-,54+,55?,57-,58-,59-,60-,62+,64?,65-,74-,75-,76-,77+/m0/s1. The van der Waals surface area contributed by atoms with Crippen molar-refractivity contribution in [3.05, 3.63) is 53.6 Å². The van der Waals surface area contributed by atoms with E-state index in [9.17, 15) is 53.1 Å². The maximum atomic E-state index is 17.9. The average Bonchev–Trinajstić information content (AvgIpc) is 1.53. The lowest BCUT2D eigenvalue weighted by Crippen LogP contribution is -2.65. The van der Waals surface area contributed by atoms with Crippen LogP contribution >= 0.6 is 0 Å². The van der Waals surface area contributed by atoms with Crippen molar-refractivity contribution in [3.63, 3.8) is 0 Å². The maximum absolute atomic E-state index is 17.9. The number of Topliss-reactive ketones (excluding diaryl/α,β-unsaturated/α-hetero) is 1. The summed E-state index contributed by atoms with van der Waals surface area (Å²) in [7, 11) is 0. The Morgan fingerprint density at radius 3 is 2.04 bits per heavy atom. The number of ether oxygens (including phenoxy) is 9. The van der Waals surface area contributed by atoms with Crippen molar-refractivity contribution in [3.8, 4) is 11.8 Å². The van der Waals surface area contributed by atoms with E-state index in [0.717, 1.165) is 31.8 Å². The molecule has 0 bridgehead atoms. The number of ketones is 2. The Bertz CT molecular complexity index is 3350. The topological polar surface area (TPSA) is 384 Å². The Labute approximate surface area is 626 Å². The minimum Gasteiger partial charge on any atom is -0.456 e. The normalized spacial score (nSPS) is 26.7. The predicted octanol–water partition coefficient (Wildman–Crippen LogP) is 6.96. The number of aliphatic hydroxyl groups excluding tert-OH is 1. The third kappa shape index (κ3) is 23.2. The molecular formula is C77H114F2N8O20. The summed E-state index contributed by atoms with van der Waals surface area (Å²) in [6.45, 7) is 18.3. The summed E-state index contributed by atoms with van der Waals surface area (Å²) in [6.07, 6.45) is 1.69. The zero-order chi connectivity index (χ0) is 78.3. The van der Waals surface area contributed by atoms with Crippen molar-refractivity contribution < 1.29 is 104 Å². The smallest absolute Gasteiger partial charge is 0.408 e. The number of alkyl halides is 2. The fourth-order valence-corrected chi connectivity index (χ4v) is 15.3. The zero-order valence-electron chi connectivity index (χ0n) is 63.7. The van der Waals surface area contributed by atoms with Gasteiger partial charge in [-0.3, -0.25) is 28.8 Å². The number of hydrogen-bond donors (Lipinski definition) is 9. The number of nitrogens with two attached hydrogens (primary N) is 1. The molecule has 3 saturated carbocycles. The summed E-state index contributed by atoms with van der Waals surface area (Å²) in [4.78, 5) is 133. The van der Waals surface area contributed by atoms with Gasteiger partial charge in [-0.2, -0.15) is 0 Å². The molecule has 107 heavy (non-hydrogen) atoms. The maximum Gasteiger partial charge on any atom is 0.408 e. The van der Waals surface area contributed by atoms with E-state index in [0.29, 0.717) is 88.0 Å². The van der Waals surface area contributed by atoms with Crippen molar-refractivity contribution in [1.29, 1.82) is 0 Å². The zero-order valence-corrected chi connectivity index (χ0v) is 63.7. The van der Waals surface area contributed by atoms with Crippen molar-refractivity contribution in [2.45, 2.75) is 225 Å². The van der Waals surface area contributed by atoms with Crippen molar-refractivity contribution >= 4 is 65.1 Å². The number of allylic oxidation sites excluding steroid dienone is 4. The van der Waals surface area contributed by atoms with Gasteiger partial charge in [-0.1, -0.05) is 73.1 Å². The summed E-state index contributed by atoms with van der Waals surface area (Å²) in [5.41, 5.74) is -3.12. The molecule has 30 heteroatoms. The SMILES string of the molecule is CCCC1O[C@@H]2CC3C[C@@](F)([C@@]4(C)C=CC(=O)C=C4[C@@H](F)CC)[C@@H](O)C[C@]3(C)[C@]2(C(=O)COC(=O)C(C)(C)NC(=O)[C@H](CC(C)C)NC(=O)OCc2ccc(NC(=O)[C@H](CCCNC(N)=O)NC(=O)[C@@H](NC(=O)CCOCCOCCOCCOCCNC(=O)OCC3[C@H]4CCC#CCC[C@@H]34)C(C)C)cc2)O1. The molecule has 1 heterocycles. The Morgan fingerprint density at radius 1 is 0.776 bits per heavy atom. The molecule has 596 valence electrons. The van der Waals surface area contributed by atoms with Crippen LogP contribution in [0.15, 0.2) is 48.1 Å². The Kier molecular flexibility index (Phi) is 32.5. The molecule has 15 atom stereocenters. The molecule has 1 aromatic rings. The highest BCUT2D eigenvalue weighted by Gasteiger charge is 2.76. The van der Waals surface area contributed by atoms with Gasteiger partial charge in [0.15, 0.2) is 24.3 Å². The minimum atomic E-state index is -2.48. The molecular weight excluding hydrogens is 1390 g/mol. The Morgan fingerprint density at radius 2 is 1.42 bits per heavy atom. The second kappa shape index (κ2) is 40.1. The van der Waals surface area contributed by atoms with Gasteiger partial charge in [0.2, 0.25) is 29.4 Å². The fraction of sp³-hybridized carbons (Fsp3) is 0.714. The van der Waals surface area contributed by atoms with Crippen LogP contribution in [0.3, 0.4) is 0 Å². The first-order valence-electron chi connectivity index (χ1n) is 37.8. The number of nitrogens with one attached hydrogen (secondary N) is 7. The molecule has 0 aromatic heterocycles. The summed E-state index contributed by atoms with van der Waals surface area (Å²) >= 11 is 0. The quantitative estimate of drug-likeness (QED) is 0.0138. The molecule has 8 amide bonds. The number of carbonyl (C=O) groups is 10. The molecule has 7 rings (SSSR count). The molecule has 3 unspecified atom stereocenters. The van der Waals surface area contributed by atoms with Crippen LogP contribution in [0.1, 0.15) is 165 Å². The molecule has 4 fully saturated rings. The van der Waals surface area contributed by atoms with Crippen LogP contribution in [0.5, 0.6) is 0 Å². The van der Waals surface area contributed by atoms with E-state index < -0.39 is 148 Å². The number of anilines is 1. The van der Waals surface area contributed by atoms with Crippen LogP contribution in [0.2, 0.25) is 0 Å². The molecule has 1 aliphatic heterocycles. The minimum absolute atomic E-state index is 0.0301. The highest BCUT2D eigenvalue weighted by molar-refractivity contribution is 6.02. The number of aliphatic hydroxyl groups is 1. The Balaban J connectivity index is 0.814. The van der Waals surface area contributed by atoms with E-state index in [1.54, 1.807) is 39.8 Å². The van der Waals surface area contributed by atoms with Gasteiger partial charge >= 0.3 is 24.2 Å². The molecule has 5 aliphatic carbocycles. The van der Waals surface area contributed by atoms with Gasteiger partial charge in [0.05, 0.1) is 71.7 Å². The lowest BCUT2D eigenvalue weighted by Gasteiger charge is -2.56. The molecule has 1 saturated heterocycles. The average molecular weight is 1510 g/mol. The molecule has 6 aliphatic rings. The van der Waals surface area contributed by atoms with E-state index in [2.05, 4.69) is 49.1 Å². The van der Waals surface area contributed by atoms with Crippen molar-refractivity contribution in [1.82, 2.24) is 31.9 Å². The van der Waals surface area contributed by atoms with Gasteiger partial charge in [0.1, 0.15) is 42.1 Å². The third-order valence-electron chi connectivity index (χ3n) is 21.4. The van der Waals surface area contributed by atoms with Gasteiger partial charge in [0, 0.05) is 48.9 Å². The van der Waals surface area contributed by atoms with E-state index in [1.807, 2.05) is 20.8 Å². The number of alkyl carbamates (subject to hydrolysis) is 2. The number of primary amides is 1. The predicted molar refractivity (Wildman–Crippen MR) is 388 cm³/mol. The number of urea groups is 1. The highest BCUT2D eigenvalue weighted by atomic mass is 19.1.